The highest BCUT2D eigenvalue weighted by Gasteiger charge is 2.16. The molecule has 1 saturated carbocycles. The van der Waals surface area contributed by atoms with Crippen molar-refractivity contribution in [2.24, 2.45) is 0 Å². The molecule has 116 valence electrons. The average Bonchev–Trinajstić information content (AvgIpc) is 2.99. The lowest BCUT2D eigenvalue weighted by molar-refractivity contribution is 0.415. The minimum atomic E-state index is 0.506. The maximum atomic E-state index is 5.24. The van der Waals surface area contributed by atoms with Crippen LogP contribution >= 0.6 is 0 Å². The Balaban J connectivity index is 1.76. The van der Waals surface area contributed by atoms with Gasteiger partial charge in [-0.15, -0.1) is 0 Å². The monoisotopic (exact) mass is 298 g/mol. The van der Waals surface area contributed by atoms with E-state index in [2.05, 4.69) is 20.6 Å². The summed E-state index contributed by atoms with van der Waals surface area (Å²) in [5.41, 5.74) is 1.89. The fourth-order valence-electron chi connectivity index (χ4n) is 2.80. The zero-order valence-electron chi connectivity index (χ0n) is 13.1. The summed E-state index contributed by atoms with van der Waals surface area (Å²) in [6, 6.07) is 10.3. The molecule has 0 spiro atoms. The molecule has 1 fully saturated rings. The molecule has 1 aliphatic rings. The Morgan fingerprint density at radius 3 is 2.73 bits per heavy atom. The summed E-state index contributed by atoms with van der Waals surface area (Å²) >= 11 is 0. The molecular weight excluding hydrogens is 276 g/mol. The molecule has 5 nitrogen and oxygen atoms in total. The molecule has 0 atom stereocenters. The van der Waals surface area contributed by atoms with E-state index in [0.29, 0.717) is 12.0 Å². The Hall–Kier alpha value is -2.30. The van der Waals surface area contributed by atoms with Crippen LogP contribution in [0.4, 0.5) is 17.5 Å². The van der Waals surface area contributed by atoms with Crippen molar-refractivity contribution in [3.05, 3.63) is 36.0 Å². The van der Waals surface area contributed by atoms with Gasteiger partial charge in [-0.3, -0.25) is 0 Å². The van der Waals surface area contributed by atoms with Crippen molar-refractivity contribution in [1.82, 2.24) is 9.97 Å². The molecule has 2 N–H and O–H groups in total. The van der Waals surface area contributed by atoms with E-state index in [-0.39, 0.29) is 0 Å². The van der Waals surface area contributed by atoms with Gasteiger partial charge in [0.1, 0.15) is 11.6 Å². The molecule has 0 radical (unpaired) electrons. The van der Waals surface area contributed by atoms with Gasteiger partial charge in [0.2, 0.25) is 5.95 Å². The predicted molar refractivity (Wildman–Crippen MR) is 88.9 cm³/mol. The second-order valence-corrected chi connectivity index (χ2v) is 5.70. The van der Waals surface area contributed by atoms with Crippen molar-refractivity contribution in [3.8, 4) is 5.75 Å². The van der Waals surface area contributed by atoms with Crippen molar-refractivity contribution in [3.63, 3.8) is 0 Å². The lowest BCUT2D eigenvalue weighted by atomic mass is 10.2. The third-order valence-electron chi connectivity index (χ3n) is 3.88. The molecule has 1 heterocycles. The second-order valence-electron chi connectivity index (χ2n) is 5.70. The Morgan fingerprint density at radius 1 is 1.14 bits per heavy atom. The van der Waals surface area contributed by atoms with E-state index < -0.39 is 0 Å². The first-order valence-corrected chi connectivity index (χ1v) is 7.76. The van der Waals surface area contributed by atoms with Crippen LogP contribution in [0.1, 0.15) is 31.4 Å². The number of rotatable bonds is 5. The Bertz CT molecular complexity index is 638. The highest BCUT2D eigenvalue weighted by molar-refractivity contribution is 5.59. The maximum Gasteiger partial charge on any atom is 0.225 e. The van der Waals surface area contributed by atoms with E-state index in [1.807, 2.05) is 37.3 Å². The molecule has 0 bridgehead atoms. The van der Waals surface area contributed by atoms with Crippen molar-refractivity contribution >= 4 is 17.5 Å². The van der Waals surface area contributed by atoms with Gasteiger partial charge in [0.25, 0.3) is 0 Å². The lowest BCUT2D eigenvalue weighted by Gasteiger charge is -2.14. The Labute approximate surface area is 131 Å². The standard InChI is InChI=1S/C17H22N4O/c1-12-10-16(19-14-8-5-9-15(11-14)22-2)21-17(18-12)20-13-6-3-4-7-13/h5,8-11,13H,3-4,6-7H2,1-2H3,(H2,18,19,20,21). The first kappa shape index (κ1) is 14.6. The zero-order chi connectivity index (χ0) is 15.4. The van der Waals surface area contributed by atoms with Crippen LogP contribution < -0.4 is 15.4 Å². The normalized spacial score (nSPS) is 14.8. The van der Waals surface area contributed by atoms with E-state index in [1.54, 1.807) is 7.11 Å². The molecule has 5 heteroatoms. The molecule has 1 aromatic carbocycles. The van der Waals surface area contributed by atoms with Crippen LogP contribution in [0.15, 0.2) is 30.3 Å². The molecule has 1 aromatic heterocycles. The van der Waals surface area contributed by atoms with E-state index >= 15 is 0 Å². The zero-order valence-corrected chi connectivity index (χ0v) is 13.1. The SMILES string of the molecule is COc1cccc(Nc2cc(C)nc(NC3CCCC3)n2)c1. The molecular formula is C17H22N4O. The van der Waals surface area contributed by atoms with Crippen LogP contribution in [-0.2, 0) is 0 Å². The maximum absolute atomic E-state index is 5.24. The number of nitrogens with one attached hydrogen (secondary N) is 2. The van der Waals surface area contributed by atoms with Crippen LogP contribution in [0.2, 0.25) is 0 Å². The number of aryl methyl sites for hydroxylation is 1. The smallest absolute Gasteiger partial charge is 0.225 e. The van der Waals surface area contributed by atoms with Crippen LogP contribution in [0.5, 0.6) is 5.75 Å². The fourth-order valence-corrected chi connectivity index (χ4v) is 2.80. The molecule has 0 amide bonds. The van der Waals surface area contributed by atoms with Gasteiger partial charge in [-0.1, -0.05) is 18.9 Å². The average molecular weight is 298 g/mol. The number of hydrogen-bond donors (Lipinski definition) is 2. The predicted octanol–water partition coefficient (Wildman–Crippen LogP) is 3.89. The van der Waals surface area contributed by atoms with Gasteiger partial charge >= 0.3 is 0 Å². The van der Waals surface area contributed by atoms with Crippen LogP contribution in [-0.4, -0.2) is 23.1 Å². The summed E-state index contributed by atoms with van der Waals surface area (Å²) in [5.74, 6) is 2.32. The third-order valence-corrected chi connectivity index (χ3v) is 3.88. The summed E-state index contributed by atoms with van der Waals surface area (Å²) < 4.78 is 5.24. The molecule has 22 heavy (non-hydrogen) atoms. The van der Waals surface area contributed by atoms with Crippen LogP contribution in [0.3, 0.4) is 0 Å². The van der Waals surface area contributed by atoms with Crippen molar-refractivity contribution in [1.29, 1.82) is 0 Å². The molecule has 0 unspecified atom stereocenters. The van der Waals surface area contributed by atoms with E-state index in [9.17, 15) is 0 Å². The summed E-state index contributed by atoms with van der Waals surface area (Å²) in [7, 11) is 1.66. The highest BCUT2D eigenvalue weighted by Crippen LogP contribution is 2.23. The number of benzene rings is 1. The van der Waals surface area contributed by atoms with Gasteiger partial charge < -0.3 is 15.4 Å². The van der Waals surface area contributed by atoms with Crippen molar-refractivity contribution in [2.75, 3.05) is 17.7 Å². The summed E-state index contributed by atoms with van der Waals surface area (Å²) in [6.07, 6.45) is 4.99. The fraction of sp³-hybridized carbons (Fsp3) is 0.412. The largest absolute Gasteiger partial charge is 0.497 e. The summed E-state index contributed by atoms with van der Waals surface area (Å²) in [5, 5.41) is 6.76. The van der Waals surface area contributed by atoms with Crippen LogP contribution in [0, 0.1) is 6.92 Å². The molecule has 2 aromatic rings. The van der Waals surface area contributed by atoms with Crippen molar-refractivity contribution < 1.29 is 4.74 Å². The third kappa shape index (κ3) is 3.67. The van der Waals surface area contributed by atoms with E-state index in [1.165, 1.54) is 25.7 Å². The first-order chi connectivity index (χ1) is 10.7. The number of aromatic nitrogens is 2. The molecule has 0 saturated heterocycles. The number of nitrogens with zero attached hydrogens (tertiary/aromatic N) is 2. The van der Waals surface area contributed by atoms with Gasteiger partial charge in [-0.05, 0) is 31.9 Å². The van der Waals surface area contributed by atoms with Gasteiger partial charge in [-0.25, -0.2) is 4.98 Å². The van der Waals surface area contributed by atoms with E-state index in [4.69, 9.17) is 4.74 Å². The van der Waals surface area contributed by atoms with Crippen LogP contribution in [0.25, 0.3) is 0 Å². The molecule has 1 aliphatic carbocycles. The number of anilines is 3. The minimum absolute atomic E-state index is 0.506. The minimum Gasteiger partial charge on any atom is -0.497 e. The van der Waals surface area contributed by atoms with Crippen molar-refractivity contribution in [2.45, 2.75) is 38.6 Å². The molecule has 3 rings (SSSR count). The summed E-state index contributed by atoms with van der Waals surface area (Å²) in [6.45, 7) is 1.98. The molecule has 0 aliphatic heterocycles. The number of hydrogen-bond acceptors (Lipinski definition) is 5. The van der Waals surface area contributed by atoms with Gasteiger partial charge in [0.15, 0.2) is 0 Å². The van der Waals surface area contributed by atoms with Gasteiger partial charge in [0.05, 0.1) is 7.11 Å². The van der Waals surface area contributed by atoms with Gasteiger partial charge in [0, 0.05) is 29.6 Å². The topological polar surface area (TPSA) is 59.1 Å². The Morgan fingerprint density at radius 2 is 1.95 bits per heavy atom. The van der Waals surface area contributed by atoms with E-state index in [0.717, 1.165) is 22.9 Å². The van der Waals surface area contributed by atoms with Gasteiger partial charge in [-0.2, -0.15) is 4.98 Å². The first-order valence-electron chi connectivity index (χ1n) is 7.76. The number of methoxy groups -OCH3 is 1. The second kappa shape index (κ2) is 6.64. The summed E-state index contributed by atoms with van der Waals surface area (Å²) in [4.78, 5) is 9.06. The lowest BCUT2D eigenvalue weighted by Crippen LogP contribution is -2.17. The quantitative estimate of drug-likeness (QED) is 0.877. The number of ether oxygens (including phenoxy) is 1. The highest BCUT2D eigenvalue weighted by atomic mass is 16.5. The Kier molecular flexibility index (Phi) is 4.42.